The third kappa shape index (κ3) is 3.84. The van der Waals surface area contributed by atoms with Crippen LogP contribution in [0.15, 0.2) is 54.6 Å². The fourth-order valence-corrected chi connectivity index (χ4v) is 2.32. The molecule has 0 aliphatic heterocycles. The van der Waals surface area contributed by atoms with Crippen molar-refractivity contribution in [3.8, 4) is 5.75 Å². The molecule has 2 aromatic rings. The summed E-state index contributed by atoms with van der Waals surface area (Å²) < 4.78 is 5.15. The summed E-state index contributed by atoms with van der Waals surface area (Å²) in [5.74, 6) is 1.12. The fourth-order valence-electron chi connectivity index (χ4n) is 2.32. The molecule has 0 aliphatic carbocycles. The number of aliphatic hydroxyl groups is 1. The molecule has 0 spiro atoms. The van der Waals surface area contributed by atoms with E-state index in [0.29, 0.717) is 0 Å². The summed E-state index contributed by atoms with van der Waals surface area (Å²) in [7, 11) is 1.67. The molecule has 2 rings (SSSR count). The molecule has 20 heavy (non-hydrogen) atoms. The van der Waals surface area contributed by atoms with Crippen LogP contribution in [0.4, 0.5) is 0 Å². The SMILES string of the molecule is COc1ccc(CCC(C)C(O)c2ccccc2)cc1. The lowest BCUT2D eigenvalue weighted by atomic mass is 9.92. The zero-order chi connectivity index (χ0) is 14.4. The lowest BCUT2D eigenvalue weighted by Crippen LogP contribution is -2.10. The molecule has 0 fully saturated rings. The van der Waals surface area contributed by atoms with Crippen molar-refractivity contribution in [3.63, 3.8) is 0 Å². The van der Waals surface area contributed by atoms with Crippen LogP contribution in [-0.4, -0.2) is 12.2 Å². The minimum atomic E-state index is -0.394. The van der Waals surface area contributed by atoms with E-state index < -0.39 is 6.10 Å². The highest BCUT2D eigenvalue weighted by Crippen LogP contribution is 2.25. The second kappa shape index (κ2) is 7.11. The van der Waals surface area contributed by atoms with Gasteiger partial charge in [-0.1, -0.05) is 49.4 Å². The van der Waals surface area contributed by atoms with Crippen LogP contribution in [0.3, 0.4) is 0 Å². The van der Waals surface area contributed by atoms with Gasteiger partial charge in [-0.05, 0) is 42.0 Å². The smallest absolute Gasteiger partial charge is 0.118 e. The van der Waals surface area contributed by atoms with Gasteiger partial charge in [0.15, 0.2) is 0 Å². The number of hydrogen-bond donors (Lipinski definition) is 1. The minimum absolute atomic E-state index is 0.236. The molecule has 2 nitrogen and oxygen atoms in total. The third-order valence-electron chi connectivity index (χ3n) is 3.73. The van der Waals surface area contributed by atoms with Gasteiger partial charge in [0.25, 0.3) is 0 Å². The first-order valence-corrected chi connectivity index (χ1v) is 7.06. The summed E-state index contributed by atoms with van der Waals surface area (Å²) in [6.45, 7) is 2.10. The topological polar surface area (TPSA) is 29.5 Å². The molecule has 0 saturated carbocycles. The van der Waals surface area contributed by atoms with Gasteiger partial charge in [-0.2, -0.15) is 0 Å². The normalized spacial score (nSPS) is 13.8. The molecule has 0 saturated heterocycles. The van der Waals surface area contributed by atoms with Crippen LogP contribution >= 0.6 is 0 Å². The van der Waals surface area contributed by atoms with E-state index in [1.807, 2.05) is 42.5 Å². The van der Waals surface area contributed by atoms with Gasteiger partial charge in [0, 0.05) is 0 Å². The quantitative estimate of drug-likeness (QED) is 0.859. The van der Waals surface area contributed by atoms with Crippen molar-refractivity contribution in [2.24, 2.45) is 5.92 Å². The average molecular weight is 270 g/mol. The summed E-state index contributed by atoms with van der Waals surface area (Å²) in [6, 6.07) is 18.0. The molecule has 2 unspecified atom stereocenters. The maximum absolute atomic E-state index is 10.3. The Morgan fingerprint density at radius 2 is 1.65 bits per heavy atom. The Hall–Kier alpha value is -1.80. The molecule has 2 heteroatoms. The van der Waals surface area contributed by atoms with Crippen molar-refractivity contribution < 1.29 is 9.84 Å². The Morgan fingerprint density at radius 1 is 1.00 bits per heavy atom. The highest BCUT2D eigenvalue weighted by atomic mass is 16.5. The molecule has 0 bridgehead atoms. The Kier molecular flexibility index (Phi) is 5.19. The van der Waals surface area contributed by atoms with Crippen LogP contribution in [0.25, 0.3) is 0 Å². The van der Waals surface area contributed by atoms with Gasteiger partial charge in [-0.15, -0.1) is 0 Å². The van der Waals surface area contributed by atoms with E-state index in [-0.39, 0.29) is 5.92 Å². The number of methoxy groups -OCH3 is 1. The summed E-state index contributed by atoms with van der Waals surface area (Å²) in [4.78, 5) is 0. The van der Waals surface area contributed by atoms with Crippen molar-refractivity contribution in [2.45, 2.75) is 25.9 Å². The zero-order valence-corrected chi connectivity index (χ0v) is 12.1. The van der Waals surface area contributed by atoms with E-state index in [1.54, 1.807) is 7.11 Å². The van der Waals surface area contributed by atoms with Gasteiger partial charge in [0.2, 0.25) is 0 Å². The van der Waals surface area contributed by atoms with E-state index in [1.165, 1.54) is 5.56 Å². The lowest BCUT2D eigenvalue weighted by Gasteiger charge is -2.19. The summed E-state index contributed by atoms with van der Waals surface area (Å²) in [6.07, 6.45) is 1.53. The molecule has 1 N–H and O–H groups in total. The first kappa shape index (κ1) is 14.6. The Labute approximate surface area is 121 Å². The van der Waals surface area contributed by atoms with Crippen LogP contribution in [0, 0.1) is 5.92 Å². The maximum Gasteiger partial charge on any atom is 0.118 e. The Bertz CT molecular complexity index is 505. The average Bonchev–Trinajstić information content (AvgIpc) is 2.53. The number of aryl methyl sites for hydroxylation is 1. The highest BCUT2D eigenvalue weighted by molar-refractivity contribution is 5.27. The minimum Gasteiger partial charge on any atom is -0.497 e. The standard InChI is InChI=1S/C18H22O2/c1-14(18(19)16-6-4-3-5-7-16)8-9-15-10-12-17(20-2)13-11-15/h3-7,10-14,18-19H,8-9H2,1-2H3. The number of aliphatic hydroxyl groups excluding tert-OH is 1. The van der Waals surface area contributed by atoms with Crippen LogP contribution in [0.2, 0.25) is 0 Å². The van der Waals surface area contributed by atoms with E-state index in [2.05, 4.69) is 19.1 Å². The first-order valence-electron chi connectivity index (χ1n) is 7.06. The molecule has 0 heterocycles. The largest absolute Gasteiger partial charge is 0.497 e. The third-order valence-corrected chi connectivity index (χ3v) is 3.73. The van der Waals surface area contributed by atoms with Crippen LogP contribution in [0.1, 0.15) is 30.6 Å². The number of benzene rings is 2. The second-order valence-electron chi connectivity index (χ2n) is 5.22. The van der Waals surface area contributed by atoms with Crippen molar-refractivity contribution in [3.05, 3.63) is 65.7 Å². The fraction of sp³-hybridized carbons (Fsp3) is 0.333. The van der Waals surface area contributed by atoms with Crippen molar-refractivity contribution in [1.29, 1.82) is 0 Å². The zero-order valence-electron chi connectivity index (χ0n) is 12.1. The first-order chi connectivity index (χ1) is 9.70. The lowest BCUT2D eigenvalue weighted by molar-refractivity contribution is 0.113. The van der Waals surface area contributed by atoms with Gasteiger partial charge in [-0.3, -0.25) is 0 Å². The molecular weight excluding hydrogens is 248 g/mol. The van der Waals surface area contributed by atoms with Gasteiger partial charge in [0.05, 0.1) is 13.2 Å². The Balaban J connectivity index is 1.89. The summed E-state index contributed by atoms with van der Waals surface area (Å²) in [5, 5.41) is 10.3. The van der Waals surface area contributed by atoms with E-state index >= 15 is 0 Å². The predicted molar refractivity (Wildman–Crippen MR) is 81.9 cm³/mol. The Morgan fingerprint density at radius 3 is 2.25 bits per heavy atom. The highest BCUT2D eigenvalue weighted by Gasteiger charge is 2.15. The van der Waals surface area contributed by atoms with Gasteiger partial charge in [-0.25, -0.2) is 0 Å². The van der Waals surface area contributed by atoms with Crippen LogP contribution in [-0.2, 0) is 6.42 Å². The molecular formula is C18H22O2. The molecule has 2 atom stereocenters. The summed E-state index contributed by atoms with van der Waals surface area (Å²) >= 11 is 0. The molecule has 0 aliphatic rings. The van der Waals surface area contributed by atoms with Gasteiger partial charge in [0.1, 0.15) is 5.75 Å². The van der Waals surface area contributed by atoms with E-state index in [4.69, 9.17) is 4.74 Å². The molecule has 2 aromatic carbocycles. The maximum atomic E-state index is 10.3. The number of rotatable bonds is 6. The van der Waals surface area contributed by atoms with Crippen LogP contribution < -0.4 is 4.74 Å². The van der Waals surface area contributed by atoms with Crippen molar-refractivity contribution >= 4 is 0 Å². The number of ether oxygens (including phenoxy) is 1. The van der Waals surface area contributed by atoms with E-state index in [0.717, 1.165) is 24.2 Å². The van der Waals surface area contributed by atoms with Crippen molar-refractivity contribution in [1.82, 2.24) is 0 Å². The van der Waals surface area contributed by atoms with Gasteiger partial charge >= 0.3 is 0 Å². The molecule has 106 valence electrons. The summed E-state index contributed by atoms with van der Waals surface area (Å²) in [5.41, 5.74) is 2.27. The monoisotopic (exact) mass is 270 g/mol. The molecule has 0 aromatic heterocycles. The molecule has 0 radical (unpaired) electrons. The van der Waals surface area contributed by atoms with Gasteiger partial charge < -0.3 is 9.84 Å². The molecule has 0 amide bonds. The van der Waals surface area contributed by atoms with Crippen LogP contribution in [0.5, 0.6) is 5.75 Å². The predicted octanol–water partition coefficient (Wildman–Crippen LogP) is 4.00. The van der Waals surface area contributed by atoms with E-state index in [9.17, 15) is 5.11 Å². The second-order valence-corrected chi connectivity index (χ2v) is 5.22. The number of hydrogen-bond acceptors (Lipinski definition) is 2. The van der Waals surface area contributed by atoms with Crippen molar-refractivity contribution in [2.75, 3.05) is 7.11 Å².